The van der Waals surface area contributed by atoms with Crippen molar-refractivity contribution in [3.8, 4) is 0 Å². The third-order valence-electron chi connectivity index (χ3n) is 2.16. The molecule has 2 atom stereocenters. The van der Waals surface area contributed by atoms with Gasteiger partial charge in [0.2, 0.25) is 0 Å². The number of aliphatic hydroxyl groups is 1. The molecule has 0 bridgehead atoms. The van der Waals surface area contributed by atoms with E-state index in [9.17, 15) is 0 Å². The maximum Gasteiger partial charge on any atom is 0.0958 e. The molecule has 3 heteroatoms. The largest absolute Gasteiger partial charge is 0.394 e. The Morgan fingerprint density at radius 2 is 2.27 bits per heavy atom. The van der Waals surface area contributed by atoms with Crippen molar-refractivity contribution in [1.29, 1.82) is 0 Å². The molecule has 0 spiro atoms. The first-order valence-corrected chi connectivity index (χ1v) is 4.27. The lowest BCUT2D eigenvalue weighted by Gasteiger charge is -2.21. The van der Waals surface area contributed by atoms with E-state index in [0.29, 0.717) is 12.5 Å². The lowest BCUT2D eigenvalue weighted by Crippen LogP contribution is -2.41. The average Bonchev–Trinajstić information content (AvgIpc) is 2.81. The van der Waals surface area contributed by atoms with Gasteiger partial charge in [-0.05, 0) is 25.7 Å². The highest BCUT2D eigenvalue weighted by atomic mass is 16.5. The molecular weight excluding hydrogens is 142 g/mol. The van der Waals surface area contributed by atoms with E-state index in [1.54, 1.807) is 0 Å². The van der Waals surface area contributed by atoms with E-state index in [1.807, 2.05) is 6.92 Å². The van der Waals surface area contributed by atoms with Gasteiger partial charge in [0, 0.05) is 12.6 Å². The van der Waals surface area contributed by atoms with Crippen LogP contribution in [0.1, 0.15) is 19.8 Å². The Morgan fingerprint density at radius 3 is 2.64 bits per heavy atom. The predicted octanol–water partition coefficient (Wildman–Crippen LogP) is 0.121. The van der Waals surface area contributed by atoms with Gasteiger partial charge in [0.05, 0.1) is 12.7 Å². The summed E-state index contributed by atoms with van der Waals surface area (Å²) in [4.78, 5) is 0. The van der Waals surface area contributed by atoms with Crippen LogP contribution in [0.3, 0.4) is 0 Å². The summed E-state index contributed by atoms with van der Waals surface area (Å²) < 4.78 is 5.28. The highest BCUT2D eigenvalue weighted by molar-refractivity contribution is 4.89. The van der Waals surface area contributed by atoms with Crippen molar-refractivity contribution in [3.63, 3.8) is 0 Å². The van der Waals surface area contributed by atoms with Crippen LogP contribution >= 0.6 is 0 Å². The third-order valence-corrected chi connectivity index (χ3v) is 2.16. The van der Waals surface area contributed by atoms with Crippen LogP contribution in [0.2, 0.25) is 0 Å². The van der Waals surface area contributed by atoms with E-state index in [2.05, 4.69) is 0 Å². The molecule has 0 saturated heterocycles. The standard InChI is InChI=1S/C8H17NO2/c1-2-11-7(5-10)8(9)6-3-4-6/h6-8,10H,2-5,9H2,1H3. The molecule has 2 unspecified atom stereocenters. The molecule has 1 saturated carbocycles. The van der Waals surface area contributed by atoms with E-state index in [1.165, 1.54) is 12.8 Å². The average molecular weight is 159 g/mol. The van der Waals surface area contributed by atoms with Crippen LogP contribution in [0, 0.1) is 5.92 Å². The zero-order valence-corrected chi connectivity index (χ0v) is 6.99. The second-order valence-electron chi connectivity index (χ2n) is 3.09. The molecule has 1 rings (SSSR count). The summed E-state index contributed by atoms with van der Waals surface area (Å²) in [5.41, 5.74) is 5.83. The molecule has 1 fully saturated rings. The summed E-state index contributed by atoms with van der Waals surface area (Å²) >= 11 is 0. The smallest absolute Gasteiger partial charge is 0.0958 e. The maximum absolute atomic E-state index is 8.90. The van der Waals surface area contributed by atoms with Gasteiger partial charge in [0.25, 0.3) is 0 Å². The molecular formula is C8H17NO2. The van der Waals surface area contributed by atoms with E-state index >= 15 is 0 Å². The molecule has 0 amide bonds. The van der Waals surface area contributed by atoms with Crippen LogP contribution in [0.4, 0.5) is 0 Å². The Labute approximate surface area is 67.5 Å². The summed E-state index contributed by atoms with van der Waals surface area (Å²) in [6.45, 7) is 2.60. The second-order valence-corrected chi connectivity index (χ2v) is 3.09. The normalized spacial score (nSPS) is 23.2. The van der Waals surface area contributed by atoms with Gasteiger partial charge in [-0.3, -0.25) is 0 Å². The topological polar surface area (TPSA) is 55.5 Å². The summed E-state index contributed by atoms with van der Waals surface area (Å²) in [6.07, 6.45) is 2.25. The van der Waals surface area contributed by atoms with Crippen molar-refractivity contribution in [3.05, 3.63) is 0 Å². The lowest BCUT2D eigenvalue weighted by molar-refractivity contribution is -0.0000479. The number of ether oxygens (including phenoxy) is 1. The first-order valence-electron chi connectivity index (χ1n) is 4.27. The van der Waals surface area contributed by atoms with Gasteiger partial charge in [-0.15, -0.1) is 0 Å². The van der Waals surface area contributed by atoms with E-state index in [-0.39, 0.29) is 18.8 Å². The number of rotatable bonds is 5. The van der Waals surface area contributed by atoms with Crippen LogP contribution in [0.25, 0.3) is 0 Å². The lowest BCUT2D eigenvalue weighted by atomic mass is 10.1. The first-order chi connectivity index (χ1) is 5.29. The SMILES string of the molecule is CCOC(CO)C(N)C1CC1. The fraction of sp³-hybridized carbons (Fsp3) is 1.00. The highest BCUT2D eigenvalue weighted by Crippen LogP contribution is 2.33. The highest BCUT2D eigenvalue weighted by Gasteiger charge is 2.33. The van der Waals surface area contributed by atoms with E-state index < -0.39 is 0 Å². The third kappa shape index (κ3) is 2.43. The van der Waals surface area contributed by atoms with Crippen molar-refractivity contribution < 1.29 is 9.84 Å². The van der Waals surface area contributed by atoms with Crippen molar-refractivity contribution in [1.82, 2.24) is 0 Å². The summed E-state index contributed by atoms with van der Waals surface area (Å²) in [6, 6.07) is 0.0416. The first kappa shape index (κ1) is 8.97. The van der Waals surface area contributed by atoms with Crippen molar-refractivity contribution >= 4 is 0 Å². The van der Waals surface area contributed by atoms with Crippen LogP contribution in [-0.4, -0.2) is 30.5 Å². The van der Waals surface area contributed by atoms with Crippen LogP contribution in [0.5, 0.6) is 0 Å². The molecule has 1 aliphatic carbocycles. The molecule has 0 aromatic rings. The maximum atomic E-state index is 8.90. The van der Waals surface area contributed by atoms with Crippen molar-refractivity contribution in [2.75, 3.05) is 13.2 Å². The summed E-state index contributed by atoms with van der Waals surface area (Å²) in [7, 11) is 0. The van der Waals surface area contributed by atoms with Gasteiger partial charge in [0.15, 0.2) is 0 Å². The minimum absolute atomic E-state index is 0.0416. The monoisotopic (exact) mass is 159 g/mol. The molecule has 0 aromatic heterocycles. The quantitative estimate of drug-likeness (QED) is 0.599. The van der Waals surface area contributed by atoms with Gasteiger partial charge in [0.1, 0.15) is 0 Å². The summed E-state index contributed by atoms with van der Waals surface area (Å²) in [5.74, 6) is 0.596. The molecule has 3 nitrogen and oxygen atoms in total. The van der Waals surface area contributed by atoms with Crippen LogP contribution in [0.15, 0.2) is 0 Å². The summed E-state index contributed by atoms with van der Waals surface area (Å²) in [5, 5.41) is 8.90. The Hall–Kier alpha value is -0.120. The molecule has 1 aliphatic rings. The molecule has 0 heterocycles. The minimum atomic E-state index is -0.146. The molecule has 0 aliphatic heterocycles. The molecule has 66 valence electrons. The Morgan fingerprint density at radius 1 is 1.64 bits per heavy atom. The fourth-order valence-electron chi connectivity index (χ4n) is 1.28. The Balaban J connectivity index is 2.26. The van der Waals surface area contributed by atoms with Crippen molar-refractivity contribution in [2.45, 2.75) is 31.9 Å². The molecule has 3 N–H and O–H groups in total. The van der Waals surface area contributed by atoms with E-state index in [0.717, 1.165) is 0 Å². The van der Waals surface area contributed by atoms with Gasteiger partial charge in [-0.1, -0.05) is 0 Å². The van der Waals surface area contributed by atoms with Crippen molar-refractivity contribution in [2.24, 2.45) is 11.7 Å². The van der Waals surface area contributed by atoms with Gasteiger partial charge >= 0.3 is 0 Å². The number of aliphatic hydroxyl groups excluding tert-OH is 1. The predicted molar refractivity (Wildman–Crippen MR) is 43.2 cm³/mol. The number of nitrogens with two attached hydrogens (primary N) is 1. The second kappa shape index (κ2) is 4.04. The zero-order chi connectivity index (χ0) is 8.27. The molecule has 0 radical (unpaired) electrons. The van der Waals surface area contributed by atoms with Gasteiger partial charge in [-0.25, -0.2) is 0 Å². The van der Waals surface area contributed by atoms with E-state index in [4.69, 9.17) is 15.6 Å². The fourth-order valence-corrected chi connectivity index (χ4v) is 1.28. The molecule has 0 aromatic carbocycles. The number of hydrogen-bond acceptors (Lipinski definition) is 3. The Kier molecular flexibility index (Phi) is 3.30. The Bertz CT molecular complexity index is 115. The minimum Gasteiger partial charge on any atom is -0.394 e. The van der Waals surface area contributed by atoms with Crippen LogP contribution < -0.4 is 5.73 Å². The zero-order valence-electron chi connectivity index (χ0n) is 6.99. The van der Waals surface area contributed by atoms with Crippen LogP contribution in [-0.2, 0) is 4.74 Å². The molecule has 11 heavy (non-hydrogen) atoms. The van der Waals surface area contributed by atoms with Gasteiger partial charge < -0.3 is 15.6 Å². The van der Waals surface area contributed by atoms with Gasteiger partial charge in [-0.2, -0.15) is 0 Å². The number of hydrogen-bond donors (Lipinski definition) is 2.